The number of carbonyl (C=O) groups is 1. The van der Waals surface area contributed by atoms with Crippen molar-refractivity contribution in [1.29, 1.82) is 0 Å². The van der Waals surface area contributed by atoms with Gasteiger partial charge in [-0.3, -0.25) is 4.79 Å². The van der Waals surface area contributed by atoms with E-state index in [4.69, 9.17) is 4.74 Å². The zero-order valence-electron chi connectivity index (χ0n) is 16.6. The average molecular weight is 354 g/mol. The van der Waals surface area contributed by atoms with E-state index < -0.39 is 0 Å². The Labute approximate surface area is 157 Å². The lowest BCUT2D eigenvalue weighted by atomic mass is 9.93. The highest BCUT2D eigenvalue weighted by Gasteiger charge is 2.18. The topological polar surface area (TPSA) is 38.3 Å². The molecule has 0 heterocycles. The molecular weight excluding hydrogens is 322 g/mol. The molecule has 2 aromatic rings. The molecule has 0 fully saturated rings. The molecule has 1 atom stereocenters. The van der Waals surface area contributed by atoms with Gasteiger partial charge in [-0.1, -0.05) is 64.1 Å². The summed E-state index contributed by atoms with van der Waals surface area (Å²) >= 11 is 0. The fourth-order valence-corrected chi connectivity index (χ4v) is 3.12. The van der Waals surface area contributed by atoms with Crippen LogP contribution in [0, 0.1) is 11.8 Å². The van der Waals surface area contributed by atoms with Crippen LogP contribution in [0.5, 0.6) is 5.75 Å². The number of methoxy groups -OCH3 is 1. The number of hydrogen-bond donors (Lipinski definition) is 1. The van der Waals surface area contributed by atoms with E-state index >= 15 is 0 Å². The Bertz CT molecular complexity index is 687. The Morgan fingerprint density at radius 2 is 1.50 bits per heavy atom. The first-order valence-electron chi connectivity index (χ1n) is 9.40. The first-order chi connectivity index (χ1) is 12.4. The Morgan fingerprint density at radius 3 is 2.00 bits per heavy atom. The van der Waals surface area contributed by atoms with Crippen molar-refractivity contribution in [3.05, 3.63) is 65.2 Å². The van der Waals surface area contributed by atoms with Crippen molar-refractivity contribution in [2.24, 2.45) is 11.8 Å². The minimum atomic E-state index is 0.0221. The summed E-state index contributed by atoms with van der Waals surface area (Å²) in [6, 6.07) is 16.3. The van der Waals surface area contributed by atoms with E-state index in [1.54, 1.807) is 7.11 Å². The normalized spacial score (nSPS) is 12.3. The molecule has 140 valence electrons. The first kappa shape index (κ1) is 20.0. The quantitative estimate of drug-likeness (QED) is 0.729. The molecule has 1 unspecified atom stereocenters. The highest BCUT2D eigenvalue weighted by molar-refractivity contribution is 5.79. The van der Waals surface area contributed by atoms with E-state index in [1.807, 2.05) is 24.3 Å². The minimum absolute atomic E-state index is 0.0221. The lowest BCUT2D eigenvalue weighted by Gasteiger charge is -2.23. The van der Waals surface area contributed by atoms with E-state index in [0.717, 1.165) is 23.3 Å². The summed E-state index contributed by atoms with van der Waals surface area (Å²) in [5.74, 6) is 1.81. The smallest absolute Gasteiger partial charge is 0.224 e. The van der Waals surface area contributed by atoms with Crippen molar-refractivity contribution in [1.82, 2.24) is 5.32 Å². The van der Waals surface area contributed by atoms with Gasteiger partial charge in [0.1, 0.15) is 5.75 Å². The van der Waals surface area contributed by atoms with E-state index in [-0.39, 0.29) is 11.9 Å². The summed E-state index contributed by atoms with van der Waals surface area (Å²) in [5, 5.41) is 3.20. The Kier molecular flexibility index (Phi) is 7.26. The maximum absolute atomic E-state index is 12.5. The van der Waals surface area contributed by atoms with Crippen molar-refractivity contribution in [2.45, 2.75) is 46.6 Å². The summed E-state index contributed by atoms with van der Waals surface area (Å²) < 4.78 is 5.16. The van der Waals surface area contributed by atoms with Gasteiger partial charge in [-0.15, -0.1) is 0 Å². The SMILES string of the molecule is COc1ccc(CC(=O)NC(c2ccc(CC(C)C)cc2)C(C)C)cc1. The minimum Gasteiger partial charge on any atom is -0.497 e. The van der Waals surface area contributed by atoms with E-state index in [1.165, 1.54) is 5.56 Å². The third-order valence-electron chi connectivity index (χ3n) is 4.49. The summed E-state index contributed by atoms with van der Waals surface area (Å²) in [6.07, 6.45) is 1.45. The van der Waals surface area contributed by atoms with E-state index in [9.17, 15) is 4.79 Å². The van der Waals surface area contributed by atoms with Crippen molar-refractivity contribution in [3.8, 4) is 5.75 Å². The highest BCUT2D eigenvalue weighted by Crippen LogP contribution is 2.23. The van der Waals surface area contributed by atoms with Crippen LogP contribution in [0.2, 0.25) is 0 Å². The van der Waals surface area contributed by atoms with Gasteiger partial charge in [-0.25, -0.2) is 0 Å². The molecule has 0 spiro atoms. The first-order valence-corrected chi connectivity index (χ1v) is 9.40. The molecule has 1 amide bonds. The molecule has 2 aromatic carbocycles. The maximum atomic E-state index is 12.5. The van der Waals surface area contributed by atoms with Gasteiger partial charge in [-0.05, 0) is 47.1 Å². The van der Waals surface area contributed by atoms with E-state index in [0.29, 0.717) is 18.3 Å². The molecule has 2 rings (SSSR count). The molecule has 1 N–H and O–H groups in total. The molecule has 3 heteroatoms. The predicted octanol–water partition coefficient (Wildman–Crippen LogP) is 4.95. The Morgan fingerprint density at radius 1 is 0.923 bits per heavy atom. The Hall–Kier alpha value is -2.29. The number of hydrogen-bond acceptors (Lipinski definition) is 2. The molecule has 0 aliphatic heterocycles. The number of carbonyl (C=O) groups excluding carboxylic acids is 1. The zero-order chi connectivity index (χ0) is 19.1. The number of benzene rings is 2. The van der Waals surface area contributed by atoms with Crippen molar-refractivity contribution >= 4 is 5.91 Å². The highest BCUT2D eigenvalue weighted by atomic mass is 16.5. The molecule has 0 aliphatic rings. The molecule has 0 saturated carbocycles. The third kappa shape index (κ3) is 5.91. The summed E-state index contributed by atoms with van der Waals surface area (Å²) in [7, 11) is 1.64. The predicted molar refractivity (Wildman–Crippen MR) is 107 cm³/mol. The summed E-state index contributed by atoms with van der Waals surface area (Å²) in [4.78, 5) is 12.5. The molecule has 0 aliphatic carbocycles. The van der Waals surface area contributed by atoms with Crippen molar-refractivity contribution in [2.75, 3.05) is 7.11 Å². The summed E-state index contributed by atoms with van der Waals surface area (Å²) in [5.41, 5.74) is 3.49. The fraction of sp³-hybridized carbons (Fsp3) is 0.435. The lowest BCUT2D eigenvalue weighted by molar-refractivity contribution is -0.121. The van der Waals surface area contributed by atoms with Crippen LogP contribution in [0.15, 0.2) is 48.5 Å². The lowest BCUT2D eigenvalue weighted by Crippen LogP contribution is -2.32. The number of nitrogens with one attached hydrogen (secondary N) is 1. The largest absolute Gasteiger partial charge is 0.497 e. The molecule has 3 nitrogen and oxygen atoms in total. The second-order valence-corrected chi connectivity index (χ2v) is 7.65. The fourth-order valence-electron chi connectivity index (χ4n) is 3.12. The molecule has 0 aromatic heterocycles. The van der Waals surface area contributed by atoms with Gasteiger partial charge in [0, 0.05) is 0 Å². The van der Waals surface area contributed by atoms with Gasteiger partial charge >= 0.3 is 0 Å². The van der Waals surface area contributed by atoms with Gasteiger partial charge in [0.05, 0.1) is 19.6 Å². The summed E-state index contributed by atoms with van der Waals surface area (Å²) in [6.45, 7) is 8.73. The molecule has 0 bridgehead atoms. The monoisotopic (exact) mass is 353 g/mol. The standard InChI is InChI=1S/C23H31NO2/c1-16(2)14-18-6-10-20(11-7-18)23(17(3)4)24-22(25)15-19-8-12-21(26-5)13-9-19/h6-13,16-17,23H,14-15H2,1-5H3,(H,24,25). The zero-order valence-corrected chi connectivity index (χ0v) is 16.6. The van der Waals surface area contributed by atoms with Gasteiger partial charge in [0.2, 0.25) is 5.91 Å². The van der Waals surface area contributed by atoms with Gasteiger partial charge in [-0.2, -0.15) is 0 Å². The van der Waals surface area contributed by atoms with Gasteiger partial charge in [0.25, 0.3) is 0 Å². The maximum Gasteiger partial charge on any atom is 0.224 e. The second-order valence-electron chi connectivity index (χ2n) is 7.65. The van der Waals surface area contributed by atoms with Gasteiger partial charge < -0.3 is 10.1 Å². The van der Waals surface area contributed by atoms with Crippen LogP contribution in [-0.4, -0.2) is 13.0 Å². The third-order valence-corrected chi connectivity index (χ3v) is 4.49. The average Bonchev–Trinajstić information content (AvgIpc) is 2.60. The number of amides is 1. The number of rotatable bonds is 8. The molecule has 0 radical (unpaired) electrons. The van der Waals surface area contributed by atoms with Crippen LogP contribution in [-0.2, 0) is 17.6 Å². The number of ether oxygens (including phenoxy) is 1. The van der Waals surface area contributed by atoms with Crippen LogP contribution in [0.4, 0.5) is 0 Å². The van der Waals surface area contributed by atoms with Gasteiger partial charge in [0.15, 0.2) is 0 Å². The Balaban J connectivity index is 2.03. The second kappa shape index (κ2) is 9.42. The molecular formula is C23H31NO2. The molecule has 0 saturated heterocycles. The van der Waals surface area contributed by atoms with E-state index in [2.05, 4.69) is 57.3 Å². The van der Waals surface area contributed by atoms with Crippen molar-refractivity contribution < 1.29 is 9.53 Å². The van der Waals surface area contributed by atoms with Crippen LogP contribution in [0.3, 0.4) is 0 Å². The van der Waals surface area contributed by atoms with Crippen molar-refractivity contribution in [3.63, 3.8) is 0 Å². The van der Waals surface area contributed by atoms with Crippen LogP contribution >= 0.6 is 0 Å². The van der Waals surface area contributed by atoms with Crippen LogP contribution in [0.25, 0.3) is 0 Å². The van der Waals surface area contributed by atoms with Crippen LogP contribution in [0.1, 0.15) is 50.4 Å². The molecule has 26 heavy (non-hydrogen) atoms. The van der Waals surface area contributed by atoms with Crippen LogP contribution < -0.4 is 10.1 Å².